The fourth-order valence-corrected chi connectivity index (χ4v) is 2.13. The quantitative estimate of drug-likeness (QED) is 0.569. The molecule has 2 rings (SSSR count). The first-order valence-electron chi connectivity index (χ1n) is 7.88. The molecule has 0 aliphatic rings. The van der Waals surface area contributed by atoms with Crippen LogP contribution in [0, 0.1) is 0 Å². The Kier molecular flexibility index (Phi) is 6.77. The molecule has 0 unspecified atom stereocenters. The second-order valence-corrected chi connectivity index (χ2v) is 5.10. The minimum atomic E-state index is -0.442. The molecule has 0 aliphatic heterocycles. The molecular formula is C20H20O5. The van der Waals surface area contributed by atoms with Crippen LogP contribution in [0.15, 0.2) is 54.6 Å². The average molecular weight is 340 g/mol. The molecule has 0 N–H and O–H groups in total. The van der Waals surface area contributed by atoms with Crippen molar-refractivity contribution in [1.29, 1.82) is 0 Å². The van der Waals surface area contributed by atoms with Crippen molar-refractivity contribution < 1.29 is 23.8 Å². The van der Waals surface area contributed by atoms with Crippen LogP contribution < -0.4 is 4.74 Å². The van der Waals surface area contributed by atoms with E-state index in [1.807, 2.05) is 30.3 Å². The number of hydrogen-bond acceptors (Lipinski definition) is 5. The molecule has 0 atom stereocenters. The van der Waals surface area contributed by atoms with Crippen molar-refractivity contribution in [3.63, 3.8) is 0 Å². The molecule has 2 aromatic rings. The van der Waals surface area contributed by atoms with E-state index in [0.29, 0.717) is 23.5 Å². The molecule has 0 amide bonds. The maximum atomic E-state index is 12.2. The number of esters is 2. The van der Waals surface area contributed by atoms with Gasteiger partial charge >= 0.3 is 11.9 Å². The minimum Gasteiger partial charge on any atom is -0.496 e. The van der Waals surface area contributed by atoms with E-state index in [-0.39, 0.29) is 6.61 Å². The molecule has 0 fully saturated rings. The number of carbonyl (C=O) groups excluding carboxylic acids is 2. The van der Waals surface area contributed by atoms with Gasteiger partial charge in [0.05, 0.1) is 19.3 Å². The SMILES string of the molecule is CCOC(=O)C=Cc1ccc(C(=O)OCc2ccccc2)cc1OC. The Morgan fingerprint density at radius 3 is 2.48 bits per heavy atom. The van der Waals surface area contributed by atoms with Crippen LogP contribution >= 0.6 is 0 Å². The Labute approximate surface area is 146 Å². The predicted octanol–water partition coefficient (Wildman–Crippen LogP) is 3.63. The highest BCUT2D eigenvalue weighted by molar-refractivity contribution is 5.91. The second-order valence-electron chi connectivity index (χ2n) is 5.10. The minimum absolute atomic E-state index is 0.201. The van der Waals surface area contributed by atoms with Gasteiger partial charge in [-0.3, -0.25) is 0 Å². The third-order valence-corrected chi connectivity index (χ3v) is 3.37. The summed E-state index contributed by atoms with van der Waals surface area (Å²) in [7, 11) is 1.50. The second kappa shape index (κ2) is 9.27. The maximum Gasteiger partial charge on any atom is 0.338 e. The highest BCUT2D eigenvalue weighted by atomic mass is 16.5. The lowest BCUT2D eigenvalue weighted by Gasteiger charge is -2.09. The molecule has 0 heterocycles. The summed E-state index contributed by atoms with van der Waals surface area (Å²) in [6, 6.07) is 14.3. The lowest BCUT2D eigenvalue weighted by atomic mass is 10.1. The molecule has 25 heavy (non-hydrogen) atoms. The fourth-order valence-electron chi connectivity index (χ4n) is 2.13. The van der Waals surface area contributed by atoms with Crippen LogP contribution in [0.3, 0.4) is 0 Å². The van der Waals surface area contributed by atoms with Crippen LogP contribution in [0.5, 0.6) is 5.75 Å². The van der Waals surface area contributed by atoms with Crippen molar-refractivity contribution in [1.82, 2.24) is 0 Å². The summed E-state index contributed by atoms with van der Waals surface area (Å²) in [5.41, 5.74) is 1.95. The lowest BCUT2D eigenvalue weighted by Crippen LogP contribution is -2.06. The number of rotatable bonds is 7. The van der Waals surface area contributed by atoms with Crippen LogP contribution in [0.25, 0.3) is 6.08 Å². The smallest absolute Gasteiger partial charge is 0.338 e. The molecule has 130 valence electrons. The molecule has 0 bridgehead atoms. The molecule has 2 aromatic carbocycles. The van der Waals surface area contributed by atoms with Gasteiger partial charge in [-0.05, 0) is 30.7 Å². The van der Waals surface area contributed by atoms with Crippen molar-refractivity contribution in [2.75, 3.05) is 13.7 Å². The number of methoxy groups -OCH3 is 1. The van der Waals surface area contributed by atoms with Crippen molar-refractivity contribution in [3.05, 3.63) is 71.3 Å². The largest absolute Gasteiger partial charge is 0.496 e. The zero-order chi connectivity index (χ0) is 18.1. The monoisotopic (exact) mass is 340 g/mol. The summed E-state index contributed by atoms with van der Waals surface area (Å²) in [6.07, 6.45) is 2.89. The summed E-state index contributed by atoms with van der Waals surface area (Å²) in [5, 5.41) is 0. The van der Waals surface area contributed by atoms with Gasteiger partial charge < -0.3 is 14.2 Å². The van der Waals surface area contributed by atoms with Crippen LogP contribution in [-0.4, -0.2) is 25.7 Å². The van der Waals surface area contributed by atoms with Gasteiger partial charge in [-0.2, -0.15) is 0 Å². The average Bonchev–Trinajstić information content (AvgIpc) is 2.65. The van der Waals surface area contributed by atoms with E-state index in [1.54, 1.807) is 31.2 Å². The van der Waals surface area contributed by atoms with Gasteiger partial charge in [0, 0.05) is 11.6 Å². The maximum absolute atomic E-state index is 12.2. The predicted molar refractivity (Wildman–Crippen MR) is 94.2 cm³/mol. The van der Waals surface area contributed by atoms with E-state index in [4.69, 9.17) is 14.2 Å². The summed E-state index contributed by atoms with van der Waals surface area (Å²) in [5.74, 6) is -0.409. The molecule has 0 radical (unpaired) electrons. The summed E-state index contributed by atoms with van der Waals surface area (Å²) < 4.78 is 15.4. The molecule has 0 spiro atoms. The zero-order valence-electron chi connectivity index (χ0n) is 14.2. The topological polar surface area (TPSA) is 61.8 Å². The third kappa shape index (κ3) is 5.49. The van der Waals surface area contributed by atoms with Gasteiger partial charge in [-0.25, -0.2) is 9.59 Å². The van der Waals surface area contributed by atoms with Gasteiger partial charge in [0.15, 0.2) is 0 Å². The first kappa shape index (κ1) is 18.3. The van der Waals surface area contributed by atoms with Crippen molar-refractivity contribution in [2.45, 2.75) is 13.5 Å². The Morgan fingerprint density at radius 1 is 1.04 bits per heavy atom. The summed E-state index contributed by atoms with van der Waals surface area (Å²) in [4.78, 5) is 23.6. The van der Waals surface area contributed by atoms with Gasteiger partial charge in [0.1, 0.15) is 12.4 Å². The third-order valence-electron chi connectivity index (χ3n) is 3.37. The molecule has 0 saturated carbocycles. The van der Waals surface area contributed by atoms with Crippen LogP contribution in [0.1, 0.15) is 28.4 Å². The van der Waals surface area contributed by atoms with Crippen molar-refractivity contribution in [2.24, 2.45) is 0 Å². The molecule has 0 aliphatic carbocycles. The van der Waals surface area contributed by atoms with E-state index in [2.05, 4.69) is 0 Å². The Hall–Kier alpha value is -3.08. The number of ether oxygens (including phenoxy) is 3. The first-order chi connectivity index (χ1) is 12.1. The number of benzene rings is 2. The van der Waals surface area contributed by atoms with E-state index < -0.39 is 11.9 Å². The molecule has 0 saturated heterocycles. The Bertz CT molecular complexity index is 750. The van der Waals surface area contributed by atoms with E-state index in [9.17, 15) is 9.59 Å². The highest BCUT2D eigenvalue weighted by Crippen LogP contribution is 2.22. The van der Waals surface area contributed by atoms with Gasteiger partial charge in [0.25, 0.3) is 0 Å². The van der Waals surface area contributed by atoms with Crippen molar-refractivity contribution >= 4 is 18.0 Å². The van der Waals surface area contributed by atoms with E-state index >= 15 is 0 Å². The highest BCUT2D eigenvalue weighted by Gasteiger charge is 2.11. The summed E-state index contributed by atoms with van der Waals surface area (Å²) in [6.45, 7) is 2.25. The van der Waals surface area contributed by atoms with Crippen LogP contribution in [0.2, 0.25) is 0 Å². The molecular weight excluding hydrogens is 320 g/mol. The van der Waals surface area contributed by atoms with Crippen LogP contribution in [-0.2, 0) is 20.9 Å². The van der Waals surface area contributed by atoms with Crippen LogP contribution in [0.4, 0.5) is 0 Å². The molecule has 5 heteroatoms. The molecule has 5 nitrogen and oxygen atoms in total. The van der Waals surface area contributed by atoms with Gasteiger partial charge in [-0.15, -0.1) is 0 Å². The first-order valence-corrected chi connectivity index (χ1v) is 7.88. The lowest BCUT2D eigenvalue weighted by molar-refractivity contribution is -0.137. The normalized spacial score (nSPS) is 10.5. The Balaban J connectivity index is 2.06. The molecule has 0 aromatic heterocycles. The van der Waals surface area contributed by atoms with Crippen molar-refractivity contribution in [3.8, 4) is 5.75 Å². The van der Waals surface area contributed by atoms with Gasteiger partial charge in [-0.1, -0.05) is 36.4 Å². The summed E-state index contributed by atoms with van der Waals surface area (Å²) >= 11 is 0. The van der Waals surface area contributed by atoms with E-state index in [1.165, 1.54) is 13.2 Å². The zero-order valence-corrected chi connectivity index (χ0v) is 14.2. The van der Waals surface area contributed by atoms with E-state index in [0.717, 1.165) is 5.56 Å². The number of hydrogen-bond donors (Lipinski definition) is 0. The van der Waals surface area contributed by atoms with Gasteiger partial charge in [0.2, 0.25) is 0 Å². The standard InChI is InChI=1S/C20H20O5/c1-3-24-19(21)12-11-16-9-10-17(13-18(16)23-2)20(22)25-14-15-7-5-4-6-8-15/h4-13H,3,14H2,1-2H3. The fraction of sp³-hybridized carbons (Fsp3) is 0.200. The number of carbonyl (C=O) groups is 2. The Morgan fingerprint density at radius 2 is 1.80 bits per heavy atom.